The minimum atomic E-state index is 0.562. The normalized spacial score (nSPS) is 12.2. The van der Waals surface area contributed by atoms with Crippen LogP contribution in [0.15, 0.2) is 212 Å². The maximum absolute atomic E-state index is 5.53. The third-order valence-electron chi connectivity index (χ3n) is 12.3. The molecular formula is C58H39N5S. The van der Waals surface area contributed by atoms with Crippen LogP contribution in [-0.4, -0.2) is 26.5 Å². The Morgan fingerprint density at radius 1 is 0.422 bits per heavy atom. The van der Waals surface area contributed by atoms with E-state index in [1.807, 2.05) is 53.9 Å². The number of fused-ring (bicyclic) bond motifs is 4. The van der Waals surface area contributed by atoms with E-state index in [1.165, 1.54) is 37.1 Å². The van der Waals surface area contributed by atoms with Crippen LogP contribution in [0.3, 0.4) is 0 Å². The number of rotatable bonds is 8. The van der Waals surface area contributed by atoms with Gasteiger partial charge < -0.3 is 4.90 Å². The van der Waals surface area contributed by atoms with Gasteiger partial charge in [0, 0.05) is 72.1 Å². The third-order valence-corrected chi connectivity index (χ3v) is 13.4. The van der Waals surface area contributed by atoms with Crippen molar-refractivity contribution in [1.82, 2.24) is 19.9 Å². The highest BCUT2D eigenvalue weighted by Gasteiger charge is 2.26. The number of thiophene rings is 1. The van der Waals surface area contributed by atoms with Crippen molar-refractivity contribution in [3.63, 3.8) is 0 Å². The molecule has 302 valence electrons. The molecule has 0 saturated heterocycles. The van der Waals surface area contributed by atoms with Crippen LogP contribution in [0.4, 0.5) is 11.4 Å². The van der Waals surface area contributed by atoms with Gasteiger partial charge in [-0.25, -0.2) is 15.0 Å². The van der Waals surface area contributed by atoms with Gasteiger partial charge in [-0.1, -0.05) is 170 Å². The minimum Gasteiger partial charge on any atom is -0.341 e. The summed E-state index contributed by atoms with van der Waals surface area (Å²) in [6.45, 7) is 0.955. The fourth-order valence-electron chi connectivity index (χ4n) is 9.28. The highest BCUT2D eigenvalue weighted by Crippen LogP contribution is 2.48. The van der Waals surface area contributed by atoms with Crippen molar-refractivity contribution in [2.75, 3.05) is 11.4 Å². The topological polar surface area (TPSA) is 54.8 Å². The fourth-order valence-corrected chi connectivity index (χ4v) is 10.4. The maximum atomic E-state index is 5.53. The molecule has 0 atom stereocenters. The Morgan fingerprint density at radius 3 is 1.56 bits per heavy atom. The smallest absolute Gasteiger partial charge is 0.166 e. The van der Waals surface area contributed by atoms with E-state index in [2.05, 4.69) is 175 Å². The van der Waals surface area contributed by atoms with Crippen LogP contribution in [-0.2, 0) is 6.42 Å². The second-order valence-corrected chi connectivity index (χ2v) is 17.2. The van der Waals surface area contributed by atoms with Crippen molar-refractivity contribution in [3.05, 3.63) is 218 Å². The van der Waals surface area contributed by atoms with Crippen molar-refractivity contribution < 1.29 is 0 Å². The number of pyridine rings is 1. The lowest BCUT2D eigenvalue weighted by Gasteiger charge is -2.19. The monoisotopic (exact) mass is 837 g/mol. The molecule has 3 aromatic heterocycles. The number of hydrogen-bond donors (Lipinski definition) is 0. The van der Waals surface area contributed by atoms with E-state index < -0.39 is 0 Å². The highest BCUT2D eigenvalue weighted by atomic mass is 32.1. The number of benzene rings is 8. The first-order valence-electron chi connectivity index (χ1n) is 21.7. The summed E-state index contributed by atoms with van der Waals surface area (Å²) in [5.41, 5.74) is 15.0. The van der Waals surface area contributed by atoms with E-state index in [0.717, 1.165) is 74.3 Å². The second-order valence-electron chi connectivity index (χ2n) is 16.1. The zero-order chi connectivity index (χ0) is 42.4. The molecule has 0 aliphatic carbocycles. The lowest BCUT2D eigenvalue weighted by Crippen LogP contribution is -2.12. The summed E-state index contributed by atoms with van der Waals surface area (Å²) >= 11 is 1.84. The molecule has 0 radical (unpaired) electrons. The fraction of sp³-hybridized carbons (Fsp3) is 0.0345. The van der Waals surface area contributed by atoms with E-state index >= 15 is 0 Å². The second kappa shape index (κ2) is 16.0. The molecule has 12 rings (SSSR count). The summed E-state index contributed by atoms with van der Waals surface area (Å²) in [5, 5.41) is 2.44. The van der Waals surface area contributed by atoms with Gasteiger partial charge in [-0.3, -0.25) is 4.98 Å². The quantitative estimate of drug-likeness (QED) is 0.153. The Hall–Kier alpha value is -8.06. The zero-order valence-electron chi connectivity index (χ0n) is 34.8. The summed E-state index contributed by atoms with van der Waals surface area (Å²) in [6, 6.07) is 72.6. The van der Waals surface area contributed by atoms with Gasteiger partial charge in [-0.2, -0.15) is 0 Å². The Balaban J connectivity index is 1.13. The summed E-state index contributed by atoms with van der Waals surface area (Å²) in [5.74, 6) is 1.77. The first-order chi connectivity index (χ1) is 31.7. The van der Waals surface area contributed by atoms with Gasteiger partial charge >= 0.3 is 0 Å². The van der Waals surface area contributed by atoms with Crippen molar-refractivity contribution >= 4 is 42.9 Å². The van der Waals surface area contributed by atoms with Gasteiger partial charge in [-0.15, -0.1) is 11.3 Å². The molecule has 0 spiro atoms. The molecule has 11 aromatic rings. The molecule has 0 saturated carbocycles. The zero-order valence-corrected chi connectivity index (χ0v) is 35.6. The third kappa shape index (κ3) is 6.72. The first-order valence-corrected chi connectivity index (χ1v) is 22.5. The van der Waals surface area contributed by atoms with Crippen LogP contribution in [0, 0.1) is 0 Å². The molecule has 5 nitrogen and oxygen atoms in total. The molecule has 1 aliphatic heterocycles. The van der Waals surface area contributed by atoms with Crippen LogP contribution in [0.25, 0.3) is 99.0 Å². The number of hydrogen-bond acceptors (Lipinski definition) is 6. The summed E-state index contributed by atoms with van der Waals surface area (Å²) in [7, 11) is 0. The van der Waals surface area contributed by atoms with E-state index in [0.29, 0.717) is 17.5 Å². The van der Waals surface area contributed by atoms with Gasteiger partial charge in [0.25, 0.3) is 0 Å². The highest BCUT2D eigenvalue weighted by molar-refractivity contribution is 7.26. The number of para-hydroxylation sites is 1. The number of nitrogens with zero attached hydrogens (tertiary/aromatic N) is 5. The maximum Gasteiger partial charge on any atom is 0.166 e. The molecular weight excluding hydrogens is 799 g/mol. The molecule has 6 heteroatoms. The Morgan fingerprint density at radius 2 is 0.953 bits per heavy atom. The standard InChI is InChI=1S/C58H39N5S/c1-6-18-38(19-7-1)45-28-16-29-46(39-20-8-2-9-21-39)53(45)43-35-49(58-61-56(40-22-10-3-11-23-40)60-57(62-58)41-24-12-4-13-25-41)55(59-37-43)47-30-17-31-51-54(47)48-34-42-32-33-63(44-26-14-5-15-27-44)50(42)36-52(48)64-51/h1-31,34-37H,32-33H2. The number of aromatic nitrogens is 4. The molecule has 0 N–H and O–H groups in total. The van der Waals surface area contributed by atoms with Crippen molar-refractivity contribution in [1.29, 1.82) is 0 Å². The Kier molecular flexibility index (Phi) is 9.42. The van der Waals surface area contributed by atoms with Gasteiger partial charge in [0.2, 0.25) is 0 Å². The first kappa shape index (κ1) is 37.7. The van der Waals surface area contributed by atoms with Crippen molar-refractivity contribution in [3.8, 4) is 78.8 Å². The molecule has 4 heterocycles. The summed E-state index contributed by atoms with van der Waals surface area (Å²) in [4.78, 5) is 23.7. The molecule has 8 aromatic carbocycles. The average Bonchev–Trinajstić information content (AvgIpc) is 3.97. The Bertz CT molecular complexity index is 3370. The minimum absolute atomic E-state index is 0.562. The molecule has 64 heavy (non-hydrogen) atoms. The summed E-state index contributed by atoms with van der Waals surface area (Å²) < 4.78 is 2.47. The predicted octanol–water partition coefficient (Wildman–Crippen LogP) is 15.0. The lowest BCUT2D eigenvalue weighted by atomic mass is 9.87. The van der Waals surface area contributed by atoms with Crippen molar-refractivity contribution in [2.24, 2.45) is 0 Å². The largest absolute Gasteiger partial charge is 0.341 e. The van der Waals surface area contributed by atoms with E-state index in [-0.39, 0.29) is 0 Å². The van der Waals surface area contributed by atoms with Crippen LogP contribution in [0.2, 0.25) is 0 Å². The Labute approximate surface area is 375 Å². The summed E-state index contributed by atoms with van der Waals surface area (Å²) in [6.07, 6.45) is 3.03. The van der Waals surface area contributed by atoms with Crippen LogP contribution >= 0.6 is 11.3 Å². The lowest BCUT2D eigenvalue weighted by molar-refractivity contribution is 0.999. The van der Waals surface area contributed by atoms with Crippen molar-refractivity contribution in [2.45, 2.75) is 6.42 Å². The van der Waals surface area contributed by atoms with Gasteiger partial charge in [0.05, 0.1) is 5.69 Å². The predicted molar refractivity (Wildman–Crippen MR) is 266 cm³/mol. The van der Waals surface area contributed by atoms with Gasteiger partial charge in [0.1, 0.15) is 0 Å². The van der Waals surface area contributed by atoms with E-state index in [1.54, 1.807) is 0 Å². The molecule has 0 unspecified atom stereocenters. The molecule has 0 bridgehead atoms. The van der Waals surface area contributed by atoms with Crippen LogP contribution in [0.1, 0.15) is 5.56 Å². The van der Waals surface area contributed by atoms with Crippen LogP contribution in [0.5, 0.6) is 0 Å². The molecule has 0 fully saturated rings. The molecule has 1 aliphatic rings. The SMILES string of the molecule is c1ccc(-c2nc(-c3ccccc3)nc(-c3cc(-c4c(-c5ccccc5)cccc4-c4ccccc4)cnc3-c3cccc4sc5cc6c(cc5c34)CCN6c3ccccc3)n2)cc1. The van der Waals surface area contributed by atoms with Gasteiger partial charge in [0.15, 0.2) is 17.5 Å². The number of anilines is 2. The molecule has 0 amide bonds. The average molecular weight is 838 g/mol. The van der Waals surface area contributed by atoms with E-state index in [4.69, 9.17) is 19.9 Å². The van der Waals surface area contributed by atoms with E-state index in [9.17, 15) is 0 Å². The van der Waals surface area contributed by atoms with Gasteiger partial charge in [-0.05, 0) is 76.2 Å². The van der Waals surface area contributed by atoms with Crippen LogP contribution < -0.4 is 4.90 Å².